The van der Waals surface area contributed by atoms with Crippen LogP contribution in [-0.2, 0) is 9.53 Å². The summed E-state index contributed by atoms with van der Waals surface area (Å²) in [5, 5.41) is 11.7. The lowest BCUT2D eigenvalue weighted by Crippen LogP contribution is -2.44. The third kappa shape index (κ3) is 3.92. The fourth-order valence-electron chi connectivity index (χ4n) is 3.55. The number of amides is 1. The number of aromatic hydroxyl groups is 1. The minimum Gasteiger partial charge on any atom is -0.507 e. The lowest BCUT2D eigenvalue weighted by Gasteiger charge is -2.34. The minimum atomic E-state index is -0.685. The Labute approximate surface area is 147 Å². The van der Waals surface area contributed by atoms with E-state index in [4.69, 9.17) is 4.74 Å². The minimum absolute atomic E-state index is 0.0758. The SMILES string of the molecule is C[C@@H]1C[C@@H](C)CN(C(=O)COC(=O)c2cc3ccccc3cc2O)C1. The summed E-state index contributed by atoms with van der Waals surface area (Å²) in [6.45, 7) is 5.33. The van der Waals surface area contributed by atoms with Crippen LogP contribution in [0, 0.1) is 11.8 Å². The van der Waals surface area contributed by atoms with Crippen molar-refractivity contribution in [1.82, 2.24) is 4.90 Å². The van der Waals surface area contributed by atoms with Gasteiger partial charge in [-0.1, -0.05) is 38.1 Å². The van der Waals surface area contributed by atoms with E-state index in [2.05, 4.69) is 13.8 Å². The van der Waals surface area contributed by atoms with Gasteiger partial charge in [-0.3, -0.25) is 4.79 Å². The molecule has 1 amide bonds. The maximum Gasteiger partial charge on any atom is 0.342 e. The molecule has 0 aromatic heterocycles. The first-order chi connectivity index (χ1) is 11.9. The van der Waals surface area contributed by atoms with Gasteiger partial charge in [0.2, 0.25) is 0 Å². The second-order valence-electron chi connectivity index (χ2n) is 7.04. The first-order valence-corrected chi connectivity index (χ1v) is 8.60. The summed E-state index contributed by atoms with van der Waals surface area (Å²) in [5.74, 6) is -0.112. The van der Waals surface area contributed by atoms with Crippen molar-refractivity contribution in [2.75, 3.05) is 19.7 Å². The maximum atomic E-state index is 12.3. The molecule has 0 saturated carbocycles. The van der Waals surface area contributed by atoms with Crippen molar-refractivity contribution in [2.24, 2.45) is 11.8 Å². The van der Waals surface area contributed by atoms with Crippen LogP contribution in [0.25, 0.3) is 10.8 Å². The highest BCUT2D eigenvalue weighted by molar-refractivity contribution is 5.99. The quantitative estimate of drug-likeness (QED) is 0.871. The number of esters is 1. The molecule has 25 heavy (non-hydrogen) atoms. The number of carbonyl (C=O) groups excluding carboxylic acids is 2. The van der Waals surface area contributed by atoms with Gasteiger partial charge in [-0.25, -0.2) is 4.79 Å². The molecule has 0 aliphatic carbocycles. The zero-order valence-corrected chi connectivity index (χ0v) is 14.6. The van der Waals surface area contributed by atoms with E-state index in [0.29, 0.717) is 24.9 Å². The van der Waals surface area contributed by atoms with E-state index in [1.807, 2.05) is 24.3 Å². The molecule has 2 aromatic carbocycles. The Kier molecular flexibility index (Phi) is 4.93. The van der Waals surface area contributed by atoms with E-state index in [-0.39, 0.29) is 23.8 Å². The normalized spacial score (nSPS) is 20.5. The predicted octanol–water partition coefficient (Wildman–Crippen LogP) is 3.21. The highest BCUT2D eigenvalue weighted by Crippen LogP contribution is 2.26. The smallest absolute Gasteiger partial charge is 0.342 e. The number of hydrogen-bond donors (Lipinski definition) is 1. The van der Waals surface area contributed by atoms with E-state index in [9.17, 15) is 14.7 Å². The summed E-state index contributed by atoms with van der Waals surface area (Å²) in [7, 11) is 0. The van der Waals surface area contributed by atoms with Crippen LogP contribution < -0.4 is 0 Å². The van der Waals surface area contributed by atoms with Crippen molar-refractivity contribution >= 4 is 22.6 Å². The predicted molar refractivity (Wildman–Crippen MR) is 95.4 cm³/mol. The maximum absolute atomic E-state index is 12.3. The average Bonchev–Trinajstić information content (AvgIpc) is 2.57. The van der Waals surface area contributed by atoms with Crippen molar-refractivity contribution in [3.63, 3.8) is 0 Å². The van der Waals surface area contributed by atoms with Gasteiger partial charge in [0.25, 0.3) is 5.91 Å². The molecule has 1 aliphatic heterocycles. The number of carbonyl (C=O) groups is 2. The first kappa shape index (κ1) is 17.3. The standard InChI is InChI=1S/C20H23NO4/c1-13-7-14(2)11-21(10-13)19(23)12-25-20(24)17-8-15-5-3-4-6-16(15)9-18(17)22/h3-6,8-9,13-14,22H,7,10-12H2,1-2H3/t13-,14-/m1/s1. The van der Waals surface area contributed by atoms with Gasteiger partial charge in [0.05, 0.1) is 0 Å². The lowest BCUT2D eigenvalue weighted by molar-refractivity contribution is -0.137. The highest BCUT2D eigenvalue weighted by Gasteiger charge is 2.26. The van der Waals surface area contributed by atoms with Crippen LogP contribution in [0.15, 0.2) is 36.4 Å². The van der Waals surface area contributed by atoms with E-state index in [0.717, 1.165) is 17.2 Å². The van der Waals surface area contributed by atoms with Crippen LogP contribution in [0.1, 0.15) is 30.6 Å². The summed E-state index contributed by atoms with van der Waals surface area (Å²) in [4.78, 5) is 26.3. The number of nitrogens with zero attached hydrogens (tertiary/aromatic N) is 1. The number of likely N-dealkylation sites (tertiary alicyclic amines) is 1. The van der Waals surface area contributed by atoms with Gasteiger partial charge in [0.15, 0.2) is 6.61 Å². The highest BCUT2D eigenvalue weighted by atomic mass is 16.5. The Hall–Kier alpha value is -2.56. The molecule has 1 N–H and O–H groups in total. The molecule has 2 atom stereocenters. The van der Waals surface area contributed by atoms with Gasteiger partial charge in [0.1, 0.15) is 11.3 Å². The van der Waals surface area contributed by atoms with Crippen LogP contribution in [-0.4, -0.2) is 41.6 Å². The second kappa shape index (κ2) is 7.13. The summed E-state index contributed by atoms with van der Waals surface area (Å²) < 4.78 is 5.15. The van der Waals surface area contributed by atoms with E-state index in [1.165, 1.54) is 6.07 Å². The van der Waals surface area contributed by atoms with Crippen LogP contribution in [0.5, 0.6) is 5.75 Å². The van der Waals surface area contributed by atoms with Gasteiger partial charge in [-0.2, -0.15) is 0 Å². The van der Waals surface area contributed by atoms with Crippen molar-refractivity contribution < 1.29 is 19.4 Å². The van der Waals surface area contributed by atoms with Crippen molar-refractivity contribution in [1.29, 1.82) is 0 Å². The number of benzene rings is 2. The molecule has 1 aliphatic rings. The molecular formula is C20H23NO4. The number of rotatable bonds is 3. The molecule has 0 spiro atoms. The Morgan fingerprint density at radius 3 is 2.36 bits per heavy atom. The van der Waals surface area contributed by atoms with Crippen LogP contribution in [0.2, 0.25) is 0 Å². The Morgan fingerprint density at radius 2 is 1.72 bits per heavy atom. The molecule has 0 unspecified atom stereocenters. The van der Waals surface area contributed by atoms with Gasteiger partial charge < -0.3 is 14.7 Å². The first-order valence-electron chi connectivity index (χ1n) is 8.60. The Morgan fingerprint density at radius 1 is 1.12 bits per heavy atom. The largest absolute Gasteiger partial charge is 0.507 e. The molecule has 1 heterocycles. The van der Waals surface area contributed by atoms with E-state index >= 15 is 0 Å². The van der Waals surface area contributed by atoms with Gasteiger partial charge in [0, 0.05) is 13.1 Å². The summed E-state index contributed by atoms with van der Waals surface area (Å²) >= 11 is 0. The molecule has 1 fully saturated rings. The molecule has 0 bridgehead atoms. The number of fused-ring (bicyclic) bond motifs is 1. The fourth-order valence-corrected chi connectivity index (χ4v) is 3.55. The molecule has 132 valence electrons. The Balaban J connectivity index is 1.66. The molecule has 2 aromatic rings. The molecule has 0 radical (unpaired) electrons. The number of hydrogen-bond acceptors (Lipinski definition) is 4. The topological polar surface area (TPSA) is 66.8 Å². The lowest BCUT2D eigenvalue weighted by atomic mass is 9.92. The summed E-state index contributed by atoms with van der Waals surface area (Å²) in [6, 6.07) is 10.5. The van der Waals surface area contributed by atoms with Crippen molar-refractivity contribution in [2.45, 2.75) is 20.3 Å². The number of phenolic OH excluding ortho intramolecular Hbond substituents is 1. The van der Waals surface area contributed by atoms with Crippen LogP contribution in [0.4, 0.5) is 0 Å². The average molecular weight is 341 g/mol. The molecule has 5 nitrogen and oxygen atoms in total. The van der Waals surface area contributed by atoms with Crippen molar-refractivity contribution in [3.8, 4) is 5.75 Å². The molecular weight excluding hydrogens is 318 g/mol. The fraction of sp³-hybridized carbons (Fsp3) is 0.400. The number of piperidine rings is 1. The van der Waals surface area contributed by atoms with E-state index < -0.39 is 5.97 Å². The summed E-state index contributed by atoms with van der Waals surface area (Å²) in [5.41, 5.74) is 0.0758. The van der Waals surface area contributed by atoms with Crippen molar-refractivity contribution in [3.05, 3.63) is 42.0 Å². The van der Waals surface area contributed by atoms with Crippen LogP contribution in [0.3, 0.4) is 0 Å². The third-order valence-electron chi connectivity index (χ3n) is 4.63. The zero-order chi connectivity index (χ0) is 18.0. The van der Waals surface area contributed by atoms with Gasteiger partial charge >= 0.3 is 5.97 Å². The van der Waals surface area contributed by atoms with E-state index in [1.54, 1.807) is 11.0 Å². The summed E-state index contributed by atoms with van der Waals surface area (Å²) in [6.07, 6.45) is 1.11. The number of ether oxygens (including phenoxy) is 1. The molecule has 5 heteroatoms. The molecule has 1 saturated heterocycles. The number of phenols is 1. The monoisotopic (exact) mass is 341 g/mol. The zero-order valence-electron chi connectivity index (χ0n) is 14.6. The van der Waals surface area contributed by atoms with Gasteiger partial charge in [-0.05, 0) is 41.2 Å². The molecule has 3 rings (SSSR count). The van der Waals surface area contributed by atoms with Gasteiger partial charge in [-0.15, -0.1) is 0 Å². The Bertz CT molecular complexity index is 791. The third-order valence-corrected chi connectivity index (χ3v) is 4.63. The van der Waals surface area contributed by atoms with Crippen LogP contribution >= 0.6 is 0 Å². The second-order valence-corrected chi connectivity index (χ2v) is 7.04.